The Morgan fingerprint density at radius 2 is 2.08 bits per heavy atom. The Morgan fingerprint density at radius 3 is 2.80 bits per heavy atom. The molecule has 3 rings (SSSR count). The molecule has 2 aliphatic heterocycles. The van der Waals surface area contributed by atoms with Crippen LogP contribution in [0.3, 0.4) is 0 Å². The number of hydrogen-bond donors (Lipinski definition) is 1. The van der Waals surface area contributed by atoms with E-state index in [0.717, 1.165) is 0 Å². The van der Waals surface area contributed by atoms with E-state index in [9.17, 15) is 14.0 Å². The molecule has 2 atom stereocenters. The Morgan fingerprint density at radius 1 is 1.28 bits per heavy atom. The van der Waals surface area contributed by atoms with Crippen LogP contribution >= 0.6 is 11.6 Å². The minimum absolute atomic E-state index is 0.0592. The number of fused-ring (bicyclic) bond motifs is 3. The molecule has 136 valence electrons. The van der Waals surface area contributed by atoms with E-state index in [-0.39, 0.29) is 35.9 Å². The van der Waals surface area contributed by atoms with E-state index in [1.54, 1.807) is 4.90 Å². The zero-order valence-corrected chi connectivity index (χ0v) is 14.4. The van der Waals surface area contributed by atoms with Crippen LogP contribution in [0.1, 0.15) is 5.56 Å². The summed E-state index contributed by atoms with van der Waals surface area (Å²) in [6, 6.07) is 3.86. The van der Waals surface area contributed by atoms with Crippen LogP contribution in [0.4, 0.5) is 4.39 Å². The van der Waals surface area contributed by atoms with Gasteiger partial charge in [-0.25, -0.2) is 4.39 Å². The summed E-state index contributed by atoms with van der Waals surface area (Å²) in [5.41, 5.74) is 0.584. The summed E-state index contributed by atoms with van der Waals surface area (Å²) in [5, 5.41) is 9.33. The van der Waals surface area contributed by atoms with E-state index in [2.05, 4.69) is 0 Å². The topological polar surface area (TPSA) is 70.1 Å². The van der Waals surface area contributed by atoms with Crippen molar-refractivity contribution >= 4 is 23.5 Å². The first-order valence-corrected chi connectivity index (χ1v) is 8.55. The Balaban J connectivity index is 1.72. The van der Waals surface area contributed by atoms with Crippen LogP contribution in [-0.4, -0.2) is 72.2 Å². The first kappa shape index (κ1) is 18.1. The Kier molecular flexibility index (Phi) is 5.56. The average Bonchev–Trinajstić information content (AvgIpc) is 2.79. The third-order valence-electron chi connectivity index (χ3n) is 4.63. The molecule has 0 aromatic heterocycles. The molecule has 2 aliphatic rings. The van der Waals surface area contributed by atoms with Gasteiger partial charge in [0.2, 0.25) is 5.91 Å². The highest BCUT2D eigenvalue weighted by Crippen LogP contribution is 2.22. The summed E-state index contributed by atoms with van der Waals surface area (Å²) >= 11 is 6.02. The maximum atomic E-state index is 13.1. The molecule has 0 spiro atoms. The van der Waals surface area contributed by atoms with Gasteiger partial charge < -0.3 is 14.7 Å². The third kappa shape index (κ3) is 4.48. The van der Waals surface area contributed by atoms with Crippen LogP contribution in [-0.2, 0) is 20.7 Å². The van der Waals surface area contributed by atoms with Gasteiger partial charge in [0.15, 0.2) is 0 Å². The molecule has 0 radical (unpaired) electrons. The van der Waals surface area contributed by atoms with Gasteiger partial charge in [0, 0.05) is 30.6 Å². The lowest BCUT2D eigenvalue weighted by atomic mass is 10.1. The van der Waals surface area contributed by atoms with E-state index >= 15 is 0 Å². The summed E-state index contributed by atoms with van der Waals surface area (Å²) in [4.78, 5) is 27.4. The Bertz CT molecular complexity index is 672. The predicted molar refractivity (Wildman–Crippen MR) is 89.0 cm³/mol. The summed E-state index contributed by atoms with van der Waals surface area (Å²) in [7, 11) is 0. The molecule has 2 fully saturated rings. The number of halogens is 2. The number of ether oxygens (including phenoxy) is 1. The summed E-state index contributed by atoms with van der Waals surface area (Å²) in [6.07, 6.45) is 0.0956. The van der Waals surface area contributed by atoms with Crippen LogP contribution in [0, 0.1) is 11.7 Å². The number of carbonyl (C=O) groups is 2. The molecular formula is C17H20ClFN2O4. The minimum Gasteiger partial charge on any atom is -0.480 e. The first-order valence-electron chi connectivity index (χ1n) is 8.17. The highest BCUT2D eigenvalue weighted by Gasteiger charge is 2.35. The minimum atomic E-state index is -0.886. The molecule has 1 N–H and O–H groups in total. The van der Waals surface area contributed by atoms with Crippen molar-refractivity contribution in [3.63, 3.8) is 0 Å². The van der Waals surface area contributed by atoms with Crippen molar-refractivity contribution in [2.75, 3.05) is 39.4 Å². The van der Waals surface area contributed by atoms with Crippen molar-refractivity contribution in [3.05, 3.63) is 34.6 Å². The predicted octanol–water partition coefficient (Wildman–Crippen LogP) is 1.27. The van der Waals surface area contributed by atoms with Gasteiger partial charge in [-0.3, -0.25) is 14.5 Å². The molecule has 2 heterocycles. The van der Waals surface area contributed by atoms with Crippen LogP contribution < -0.4 is 0 Å². The van der Waals surface area contributed by atoms with Gasteiger partial charge in [-0.05, 0) is 17.7 Å². The molecule has 2 saturated heterocycles. The highest BCUT2D eigenvalue weighted by atomic mass is 35.5. The zero-order chi connectivity index (χ0) is 18.0. The van der Waals surface area contributed by atoms with E-state index in [1.165, 1.54) is 18.2 Å². The molecule has 2 bridgehead atoms. The second-order valence-electron chi connectivity index (χ2n) is 6.59. The smallest absolute Gasteiger partial charge is 0.317 e. The largest absolute Gasteiger partial charge is 0.480 e. The second kappa shape index (κ2) is 7.68. The molecular weight excluding hydrogens is 351 g/mol. The van der Waals surface area contributed by atoms with Crippen molar-refractivity contribution in [1.82, 2.24) is 9.80 Å². The zero-order valence-electron chi connectivity index (χ0n) is 13.7. The Labute approximate surface area is 150 Å². The van der Waals surface area contributed by atoms with Gasteiger partial charge in [-0.1, -0.05) is 17.7 Å². The van der Waals surface area contributed by atoms with Crippen molar-refractivity contribution in [3.8, 4) is 0 Å². The lowest BCUT2D eigenvalue weighted by Crippen LogP contribution is -2.47. The van der Waals surface area contributed by atoms with Crippen molar-refractivity contribution in [2.24, 2.45) is 5.92 Å². The first-order chi connectivity index (χ1) is 11.9. The summed E-state index contributed by atoms with van der Waals surface area (Å²) in [5.74, 6) is -1.35. The third-order valence-corrected chi connectivity index (χ3v) is 4.98. The fraction of sp³-hybridized carbons (Fsp3) is 0.529. The number of aliphatic carboxylic acids is 1. The second-order valence-corrected chi connectivity index (χ2v) is 7.00. The van der Waals surface area contributed by atoms with Crippen LogP contribution in [0.2, 0.25) is 5.02 Å². The molecule has 0 aliphatic carbocycles. The number of carboxylic acid groups (broad SMARTS) is 1. The molecule has 6 nitrogen and oxygen atoms in total. The lowest BCUT2D eigenvalue weighted by molar-refractivity contribution is -0.139. The fourth-order valence-electron chi connectivity index (χ4n) is 3.44. The van der Waals surface area contributed by atoms with Crippen LogP contribution in [0.5, 0.6) is 0 Å². The maximum absolute atomic E-state index is 13.1. The number of hydrogen-bond acceptors (Lipinski definition) is 4. The summed E-state index contributed by atoms with van der Waals surface area (Å²) in [6.45, 7) is 2.39. The van der Waals surface area contributed by atoms with Crippen LogP contribution in [0.15, 0.2) is 18.2 Å². The fourth-order valence-corrected chi connectivity index (χ4v) is 3.67. The van der Waals surface area contributed by atoms with Crippen molar-refractivity contribution < 1.29 is 23.8 Å². The Hall–Kier alpha value is -1.70. The summed E-state index contributed by atoms with van der Waals surface area (Å²) < 4.78 is 18.8. The molecule has 25 heavy (non-hydrogen) atoms. The number of carboxylic acids is 1. The number of rotatable bonds is 4. The van der Waals surface area contributed by atoms with Gasteiger partial charge in [-0.2, -0.15) is 0 Å². The molecule has 0 unspecified atom stereocenters. The number of benzene rings is 1. The number of amides is 1. The molecule has 1 amide bonds. The van der Waals surface area contributed by atoms with Gasteiger partial charge >= 0.3 is 5.97 Å². The van der Waals surface area contributed by atoms with Gasteiger partial charge in [0.25, 0.3) is 0 Å². The standard InChI is InChI=1S/C17H20ClFN2O4/c18-15-4-13(19)2-1-12(15)3-16(22)21-6-11-5-20(8-17(23)24)14(7-21)10-25-9-11/h1-2,4,11,14H,3,5-10H2,(H,23,24)/t11-,14+/m1/s1. The van der Waals surface area contributed by atoms with Crippen LogP contribution in [0.25, 0.3) is 0 Å². The number of nitrogens with zero attached hydrogens (tertiary/aromatic N) is 2. The normalized spacial score (nSPS) is 24.0. The van der Waals surface area contributed by atoms with Gasteiger partial charge in [-0.15, -0.1) is 0 Å². The van der Waals surface area contributed by atoms with Crippen molar-refractivity contribution in [2.45, 2.75) is 12.5 Å². The molecule has 1 aromatic carbocycles. The van der Waals surface area contributed by atoms with Crippen molar-refractivity contribution in [1.29, 1.82) is 0 Å². The average molecular weight is 371 g/mol. The van der Waals surface area contributed by atoms with E-state index in [4.69, 9.17) is 21.4 Å². The van der Waals surface area contributed by atoms with Gasteiger partial charge in [0.1, 0.15) is 5.82 Å². The number of carbonyl (C=O) groups excluding carboxylic acids is 1. The van der Waals surface area contributed by atoms with E-state index in [0.29, 0.717) is 38.4 Å². The maximum Gasteiger partial charge on any atom is 0.317 e. The highest BCUT2D eigenvalue weighted by molar-refractivity contribution is 6.31. The monoisotopic (exact) mass is 370 g/mol. The quantitative estimate of drug-likeness (QED) is 0.864. The lowest BCUT2D eigenvalue weighted by Gasteiger charge is -2.30. The molecule has 1 aromatic rings. The van der Waals surface area contributed by atoms with E-state index in [1.807, 2.05) is 4.90 Å². The van der Waals surface area contributed by atoms with E-state index < -0.39 is 11.8 Å². The molecule has 0 saturated carbocycles. The van der Waals surface area contributed by atoms with Gasteiger partial charge in [0.05, 0.1) is 32.2 Å². The SMILES string of the molecule is O=C(O)CN1C[C@H]2COC[C@@H]1CN(C(=O)Cc1ccc(F)cc1Cl)C2. The molecule has 8 heteroatoms.